The summed E-state index contributed by atoms with van der Waals surface area (Å²) in [5.74, 6) is -0.274. The van der Waals surface area contributed by atoms with E-state index in [0.717, 1.165) is 27.9 Å². The molecular weight excluding hydrogens is 393 g/mol. The molecule has 7 nitrogen and oxygen atoms in total. The molecule has 0 unspecified atom stereocenters. The van der Waals surface area contributed by atoms with Gasteiger partial charge < -0.3 is 4.74 Å². The van der Waals surface area contributed by atoms with Gasteiger partial charge in [-0.05, 0) is 59.7 Å². The Balaban J connectivity index is 1.60. The number of tetrazole rings is 1. The van der Waals surface area contributed by atoms with E-state index in [1.165, 1.54) is 32.8 Å². The summed E-state index contributed by atoms with van der Waals surface area (Å²) in [6.07, 6.45) is 0. The summed E-state index contributed by atoms with van der Waals surface area (Å²) >= 11 is 1.36. The Morgan fingerprint density at radius 1 is 1.14 bits per heavy atom. The highest BCUT2D eigenvalue weighted by molar-refractivity contribution is 7.11. The number of halogens is 1. The molecule has 0 saturated carbocycles. The molecule has 2 aromatic heterocycles. The largest absolute Gasteiger partial charge is 0.465 e. The number of hydrogen-bond acceptors (Lipinski definition) is 6. The molecule has 0 aliphatic carbocycles. The summed E-state index contributed by atoms with van der Waals surface area (Å²) in [5.41, 5.74) is 4.48. The van der Waals surface area contributed by atoms with Crippen LogP contribution >= 0.6 is 11.3 Å². The zero-order valence-electron chi connectivity index (χ0n) is 16.1. The first-order chi connectivity index (χ1) is 13.9. The van der Waals surface area contributed by atoms with E-state index in [4.69, 9.17) is 4.74 Å². The highest BCUT2D eigenvalue weighted by Crippen LogP contribution is 2.30. The summed E-state index contributed by atoms with van der Waals surface area (Å²) in [5, 5.41) is 10.1. The van der Waals surface area contributed by atoms with Crippen LogP contribution in [0.2, 0.25) is 0 Å². The third kappa shape index (κ3) is 3.68. The van der Waals surface area contributed by atoms with Crippen LogP contribution < -0.4 is 10.4 Å². The minimum absolute atomic E-state index is 0.223. The van der Waals surface area contributed by atoms with Gasteiger partial charge in [-0.2, -0.15) is 9.36 Å². The molecule has 29 heavy (non-hydrogen) atoms. The van der Waals surface area contributed by atoms with Crippen LogP contribution in [0.5, 0.6) is 5.19 Å². The molecule has 0 spiro atoms. The number of benzene rings is 2. The van der Waals surface area contributed by atoms with Gasteiger partial charge in [-0.3, -0.25) is 0 Å². The predicted octanol–water partition coefficient (Wildman–Crippen LogP) is 3.42. The smallest absolute Gasteiger partial charge is 0.368 e. The number of rotatable bonds is 5. The van der Waals surface area contributed by atoms with Crippen LogP contribution in [0.4, 0.5) is 4.39 Å². The van der Waals surface area contributed by atoms with Crippen molar-refractivity contribution in [2.45, 2.75) is 20.5 Å². The summed E-state index contributed by atoms with van der Waals surface area (Å²) in [4.78, 5) is 16.8. The van der Waals surface area contributed by atoms with Crippen LogP contribution in [0.1, 0.15) is 16.7 Å². The number of ether oxygens (including phenoxy) is 1. The van der Waals surface area contributed by atoms with Crippen molar-refractivity contribution in [3.63, 3.8) is 0 Å². The zero-order valence-corrected chi connectivity index (χ0v) is 16.9. The van der Waals surface area contributed by atoms with Crippen molar-refractivity contribution >= 4 is 11.3 Å². The van der Waals surface area contributed by atoms with Gasteiger partial charge in [0.1, 0.15) is 12.4 Å². The maximum atomic E-state index is 13.3. The van der Waals surface area contributed by atoms with Gasteiger partial charge in [0.2, 0.25) is 0 Å². The van der Waals surface area contributed by atoms with Crippen LogP contribution in [-0.2, 0) is 13.7 Å². The molecule has 0 bridgehead atoms. The molecule has 0 aliphatic rings. The molecule has 0 fully saturated rings. The average molecular weight is 411 g/mol. The SMILES string of the molecule is Cc1cc(F)ccc1-c1csc(OCc2c(C)cccc2-n2nnn(C)c2=O)n1. The molecule has 2 aromatic carbocycles. The molecule has 0 radical (unpaired) electrons. The molecule has 9 heteroatoms. The van der Waals surface area contributed by atoms with Gasteiger partial charge in [0.05, 0.1) is 11.4 Å². The molecule has 0 atom stereocenters. The lowest BCUT2D eigenvalue weighted by molar-refractivity contribution is 0.303. The van der Waals surface area contributed by atoms with Crippen LogP contribution in [-0.4, -0.2) is 24.8 Å². The van der Waals surface area contributed by atoms with Crippen LogP contribution in [0, 0.1) is 19.7 Å². The highest BCUT2D eigenvalue weighted by atomic mass is 32.1. The Labute approximate surface area is 170 Å². The van der Waals surface area contributed by atoms with Crippen molar-refractivity contribution in [2.75, 3.05) is 0 Å². The first-order valence-electron chi connectivity index (χ1n) is 8.87. The average Bonchev–Trinajstić information content (AvgIpc) is 3.28. The second-order valence-electron chi connectivity index (χ2n) is 6.62. The predicted molar refractivity (Wildman–Crippen MR) is 108 cm³/mol. The van der Waals surface area contributed by atoms with Crippen molar-refractivity contribution in [3.8, 4) is 22.1 Å². The molecule has 4 rings (SSSR count). The number of aryl methyl sites for hydroxylation is 3. The summed E-state index contributed by atoms with van der Waals surface area (Å²) < 4.78 is 21.7. The van der Waals surface area contributed by atoms with Gasteiger partial charge in [0.15, 0.2) is 0 Å². The summed E-state index contributed by atoms with van der Waals surface area (Å²) in [6.45, 7) is 4.01. The summed E-state index contributed by atoms with van der Waals surface area (Å²) in [6, 6.07) is 10.2. The van der Waals surface area contributed by atoms with Crippen molar-refractivity contribution in [2.24, 2.45) is 7.05 Å². The lowest BCUT2D eigenvalue weighted by Gasteiger charge is -2.11. The number of hydrogen-bond donors (Lipinski definition) is 0. The Morgan fingerprint density at radius 3 is 2.69 bits per heavy atom. The molecule has 4 aromatic rings. The van der Waals surface area contributed by atoms with Gasteiger partial charge in [0.25, 0.3) is 5.19 Å². The number of nitrogens with zero attached hydrogens (tertiary/aromatic N) is 5. The molecular formula is C20H18FN5O2S. The first-order valence-corrected chi connectivity index (χ1v) is 9.74. The molecule has 0 N–H and O–H groups in total. The van der Waals surface area contributed by atoms with Gasteiger partial charge in [-0.1, -0.05) is 23.5 Å². The maximum absolute atomic E-state index is 13.3. The minimum atomic E-state index is -0.333. The van der Waals surface area contributed by atoms with Gasteiger partial charge >= 0.3 is 5.69 Å². The van der Waals surface area contributed by atoms with Crippen molar-refractivity contribution in [1.82, 2.24) is 24.8 Å². The van der Waals surface area contributed by atoms with Gasteiger partial charge in [0, 0.05) is 23.6 Å². The molecule has 148 valence electrons. The summed E-state index contributed by atoms with van der Waals surface area (Å²) in [7, 11) is 1.55. The third-order valence-corrected chi connectivity index (χ3v) is 5.37. The lowest BCUT2D eigenvalue weighted by atomic mass is 10.1. The van der Waals surface area contributed by atoms with Gasteiger partial charge in [-0.25, -0.2) is 14.2 Å². The molecule has 0 aliphatic heterocycles. The van der Waals surface area contributed by atoms with E-state index in [0.29, 0.717) is 10.9 Å². The van der Waals surface area contributed by atoms with Gasteiger partial charge in [-0.15, -0.1) is 0 Å². The van der Waals surface area contributed by atoms with Crippen molar-refractivity contribution < 1.29 is 9.13 Å². The van der Waals surface area contributed by atoms with E-state index in [1.54, 1.807) is 19.2 Å². The van der Waals surface area contributed by atoms with E-state index in [9.17, 15) is 9.18 Å². The standard InChI is InChI=1S/C20H18FN5O2S/c1-12-5-4-6-18(26-20(27)25(3)23-24-26)16(12)10-28-19-22-17(11-29-19)15-8-7-14(21)9-13(15)2/h4-9,11H,10H2,1-3H3. The van der Waals surface area contributed by atoms with Crippen molar-refractivity contribution in [1.29, 1.82) is 0 Å². The fraction of sp³-hybridized carbons (Fsp3) is 0.200. The zero-order chi connectivity index (χ0) is 20.5. The van der Waals surface area contributed by atoms with E-state index in [2.05, 4.69) is 15.4 Å². The van der Waals surface area contributed by atoms with Crippen molar-refractivity contribution in [3.05, 3.63) is 74.8 Å². The topological polar surface area (TPSA) is 74.8 Å². The van der Waals surface area contributed by atoms with Crippen LogP contribution in [0.3, 0.4) is 0 Å². The lowest BCUT2D eigenvalue weighted by Crippen LogP contribution is -2.23. The Hall–Kier alpha value is -3.33. The Kier molecular flexibility index (Phi) is 4.98. The minimum Gasteiger partial charge on any atom is -0.465 e. The maximum Gasteiger partial charge on any atom is 0.368 e. The highest BCUT2D eigenvalue weighted by Gasteiger charge is 2.15. The Bertz CT molecular complexity index is 1240. The monoisotopic (exact) mass is 411 g/mol. The Morgan fingerprint density at radius 2 is 1.97 bits per heavy atom. The fourth-order valence-electron chi connectivity index (χ4n) is 3.03. The molecule has 2 heterocycles. The number of aromatic nitrogens is 5. The molecule has 0 amide bonds. The van der Waals surface area contributed by atoms with E-state index >= 15 is 0 Å². The molecule has 0 saturated heterocycles. The van der Waals surface area contributed by atoms with Crippen LogP contribution in [0.25, 0.3) is 16.9 Å². The van der Waals surface area contributed by atoms with Crippen LogP contribution in [0.15, 0.2) is 46.6 Å². The second kappa shape index (κ2) is 7.59. The van der Waals surface area contributed by atoms with E-state index in [1.807, 2.05) is 31.4 Å². The second-order valence-corrected chi connectivity index (χ2v) is 7.44. The third-order valence-electron chi connectivity index (χ3n) is 4.62. The quantitative estimate of drug-likeness (QED) is 0.503. The van der Waals surface area contributed by atoms with E-state index in [-0.39, 0.29) is 18.1 Å². The number of thiazole rings is 1. The normalized spacial score (nSPS) is 11.0. The van der Waals surface area contributed by atoms with E-state index < -0.39 is 0 Å². The fourth-order valence-corrected chi connectivity index (χ4v) is 3.70. The first kappa shape index (κ1) is 19.0.